The van der Waals surface area contributed by atoms with Crippen molar-refractivity contribution >= 4 is 5.91 Å². The summed E-state index contributed by atoms with van der Waals surface area (Å²) in [4.78, 5) is 11.9. The van der Waals surface area contributed by atoms with Crippen LogP contribution in [0.25, 0.3) is 0 Å². The minimum absolute atomic E-state index is 0.124. The molecule has 1 rings (SSSR count). The number of amides is 1. The number of carbonyl (C=O) groups excluding carboxylic acids is 1. The molecule has 17 heavy (non-hydrogen) atoms. The van der Waals surface area contributed by atoms with Gasteiger partial charge in [0.1, 0.15) is 17.1 Å². The van der Waals surface area contributed by atoms with Gasteiger partial charge in [0.05, 0.1) is 0 Å². The standard InChI is InChI=1S/C12H18N2O3/c1-3-12(2,7-13)14-11(17)10-8(15)5-4-6-9(10)16/h4-6,15-16H,3,7,13H2,1-2H3,(H,14,17). The molecule has 1 amide bonds. The van der Waals surface area contributed by atoms with Crippen molar-refractivity contribution in [3.8, 4) is 11.5 Å². The largest absolute Gasteiger partial charge is 0.507 e. The summed E-state index contributed by atoms with van der Waals surface area (Å²) in [5.74, 6) is -1.04. The lowest BCUT2D eigenvalue weighted by Crippen LogP contribution is -2.50. The molecule has 0 saturated heterocycles. The second-order valence-electron chi connectivity index (χ2n) is 4.24. The number of carbonyl (C=O) groups is 1. The first-order valence-electron chi connectivity index (χ1n) is 5.47. The van der Waals surface area contributed by atoms with E-state index < -0.39 is 11.4 Å². The predicted octanol–water partition coefficient (Wildman–Crippen LogP) is 0.955. The third kappa shape index (κ3) is 2.88. The number of nitrogens with two attached hydrogens (primary N) is 1. The summed E-state index contributed by atoms with van der Waals surface area (Å²) in [5.41, 5.74) is 4.91. The van der Waals surface area contributed by atoms with Gasteiger partial charge in [-0.25, -0.2) is 0 Å². The van der Waals surface area contributed by atoms with Crippen molar-refractivity contribution in [1.29, 1.82) is 0 Å². The van der Waals surface area contributed by atoms with E-state index in [0.29, 0.717) is 6.42 Å². The van der Waals surface area contributed by atoms with Crippen LogP contribution in [0.3, 0.4) is 0 Å². The highest BCUT2D eigenvalue weighted by atomic mass is 16.3. The molecule has 0 bridgehead atoms. The maximum absolute atomic E-state index is 11.9. The van der Waals surface area contributed by atoms with Gasteiger partial charge in [-0.1, -0.05) is 13.0 Å². The number of phenolic OH excluding ortho intramolecular Hbond substituents is 2. The van der Waals surface area contributed by atoms with Crippen molar-refractivity contribution < 1.29 is 15.0 Å². The van der Waals surface area contributed by atoms with Gasteiger partial charge in [0, 0.05) is 12.1 Å². The molecule has 0 fully saturated rings. The van der Waals surface area contributed by atoms with Crippen LogP contribution >= 0.6 is 0 Å². The van der Waals surface area contributed by atoms with Crippen LogP contribution in [-0.2, 0) is 0 Å². The molecule has 0 spiro atoms. The van der Waals surface area contributed by atoms with Gasteiger partial charge < -0.3 is 21.3 Å². The van der Waals surface area contributed by atoms with E-state index in [1.807, 2.05) is 13.8 Å². The molecule has 1 atom stereocenters. The Labute approximate surface area is 100 Å². The number of hydrogen-bond acceptors (Lipinski definition) is 4. The lowest BCUT2D eigenvalue weighted by Gasteiger charge is -2.28. The molecule has 0 radical (unpaired) electrons. The molecule has 1 aromatic rings. The molecule has 5 nitrogen and oxygen atoms in total. The molecule has 0 heterocycles. The van der Waals surface area contributed by atoms with Crippen molar-refractivity contribution in [2.24, 2.45) is 5.73 Å². The van der Waals surface area contributed by atoms with E-state index in [1.165, 1.54) is 18.2 Å². The first-order valence-corrected chi connectivity index (χ1v) is 5.47. The summed E-state index contributed by atoms with van der Waals surface area (Å²) in [6.45, 7) is 3.99. The molecule has 0 aliphatic rings. The fourth-order valence-corrected chi connectivity index (χ4v) is 1.38. The quantitative estimate of drug-likeness (QED) is 0.628. The van der Waals surface area contributed by atoms with Crippen LogP contribution in [0.15, 0.2) is 18.2 Å². The van der Waals surface area contributed by atoms with E-state index in [4.69, 9.17) is 5.73 Å². The second kappa shape index (κ2) is 5.05. The highest BCUT2D eigenvalue weighted by molar-refractivity contribution is 5.99. The monoisotopic (exact) mass is 238 g/mol. The minimum Gasteiger partial charge on any atom is -0.507 e. The normalized spacial score (nSPS) is 14.1. The van der Waals surface area contributed by atoms with Gasteiger partial charge in [-0.15, -0.1) is 0 Å². The van der Waals surface area contributed by atoms with Crippen LogP contribution in [0, 0.1) is 0 Å². The van der Waals surface area contributed by atoms with Crippen molar-refractivity contribution in [2.45, 2.75) is 25.8 Å². The number of nitrogens with one attached hydrogen (secondary N) is 1. The first kappa shape index (κ1) is 13.3. The van der Waals surface area contributed by atoms with E-state index in [1.54, 1.807) is 0 Å². The molecule has 1 aromatic carbocycles. The molecule has 0 aliphatic heterocycles. The number of rotatable bonds is 4. The Balaban J connectivity index is 2.98. The fraction of sp³-hybridized carbons (Fsp3) is 0.417. The minimum atomic E-state index is -0.550. The highest BCUT2D eigenvalue weighted by Crippen LogP contribution is 2.26. The Morgan fingerprint density at radius 3 is 2.35 bits per heavy atom. The van der Waals surface area contributed by atoms with Crippen LogP contribution in [0.5, 0.6) is 11.5 Å². The van der Waals surface area contributed by atoms with Crippen molar-refractivity contribution in [1.82, 2.24) is 5.32 Å². The van der Waals surface area contributed by atoms with Gasteiger partial charge >= 0.3 is 0 Å². The Hall–Kier alpha value is -1.75. The average molecular weight is 238 g/mol. The Morgan fingerprint density at radius 2 is 1.94 bits per heavy atom. The maximum Gasteiger partial charge on any atom is 0.259 e. The van der Waals surface area contributed by atoms with Crippen LogP contribution < -0.4 is 11.1 Å². The van der Waals surface area contributed by atoms with Crippen molar-refractivity contribution in [3.05, 3.63) is 23.8 Å². The fourth-order valence-electron chi connectivity index (χ4n) is 1.38. The van der Waals surface area contributed by atoms with E-state index in [-0.39, 0.29) is 23.6 Å². The van der Waals surface area contributed by atoms with Crippen molar-refractivity contribution in [3.63, 3.8) is 0 Å². The Bertz CT molecular complexity index is 394. The zero-order chi connectivity index (χ0) is 13.1. The molecule has 0 aromatic heterocycles. The summed E-state index contributed by atoms with van der Waals surface area (Å²) in [5, 5.41) is 21.8. The topological polar surface area (TPSA) is 95.6 Å². The number of phenols is 2. The number of hydrogen-bond donors (Lipinski definition) is 4. The second-order valence-corrected chi connectivity index (χ2v) is 4.24. The summed E-state index contributed by atoms with van der Waals surface area (Å²) in [6.07, 6.45) is 0.656. The van der Waals surface area contributed by atoms with E-state index in [2.05, 4.69) is 5.32 Å². The average Bonchev–Trinajstić information content (AvgIpc) is 2.28. The van der Waals surface area contributed by atoms with Gasteiger partial charge in [-0.05, 0) is 25.5 Å². The SMILES string of the molecule is CCC(C)(CN)NC(=O)c1c(O)cccc1O. The van der Waals surface area contributed by atoms with Crippen LogP contribution in [0.2, 0.25) is 0 Å². The van der Waals surface area contributed by atoms with E-state index in [0.717, 1.165) is 0 Å². The van der Waals surface area contributed by atoms with Crippen molar-refractivity contribution in [2.75, 3.05) is 6.54 Å². The van der Waals surface area contributed by atoms with Crippen LogP contribution in [0.1, 0.15) is 30.6 Å². The third-order valence-electron chi connectivity index (χ3n) is 2.89. The van der Waals surface area contributed by atoms with Crippen LogP contribution in [0.4, 0.5) is 0 Å². The first-order chi connectivity index (χ1) is 7.93. The molecule has 94 valence electrons. The molecular formula is C12H18N2O3. The van der Waals surface area contributed by atoms with E-state index in [9.17, 15) is 15.0 Å². The predicted molar refractivity (Wildman–Crippen MR) is 65.0 cm³/mol. The lowest BCUT2D eigenvalue weighted by atomic mass is 9.98. The lowest BCUT2D eigenvalue weighted by molar-refractivity contribution is 0.0901. The Kier molecular flexibility index (Phi) is 3.96. The number of benzene rings is 1. The summed E-state index contributed by atoms with van der Waals surface area (Å²) in [7, 11) is 0. The number of aromatic hydroxyl groups is 2. The third-order valence-corrected chi connectivity index (χ3v) is 2.89. The molecular weight excluding hydrogens is 220 g/mol. The Morgan fingerprint density at radius 1 is 1.41 bits per heavy atom. The molecule has 5 N–H and O–H groups in total. The van der Waals surface area contributed by atoms with Gasteiger partial charge in [-0.2, -0.15) is 0 Å². The van der Waals surface area contributed by atoms with Gasteiger partial charge in [0.2, 0.25) is 0 Å². The van der Waals surface area contributed by atoms with Gasteiger partial charge in [0.25, 0.3) is 5.91 Å². The van der Waals surface area contributed by atoms with E-state index >= 15 is 0 Å². The highest BCUT2D eigenvalue weighted by Gasteiger charge is 2.25. The molecule has 1 unspecified atom stereocenters. The molecule has 5 heteroatoms. The summed E-state index contributed by atoms with van der Waals surface area (Å²) in [6, 6.07) is 4.16. The molecule has 0 aliphatic carbocycles. The zero-order valence-corrected chi connectivity index (χ0v) is 10.0. The van der Waals surface area contributed by atoms with Crippen LogP contribution in [-0.4, -0.2) is 28.2 Å². The molecule has 0 saturated carbocycles. The zero-order valence-electron chi connectivity index (χ0n) is 10.0. The maximum atomic E-state index is 11.9. The smallest absolute Gasteiger partial charge is 0.259 e. The van der Waals surface area contributed by atoms with Gasteiger partial charge in [0.15, 0.2) is 0 Å². The summed E-state index contributed by atoms with van der Waals surface area (Å²) < 4.78 is 0. The van der Waals surface area contributed by atoms with Gasteiger partial charge in [-0.3, -0.25) is 4.79 Å². The summed E-state index contributed by atoms with van der Waals surface area (Å²) >= 11 is 0.